The second-order valence-corrected chi connectivity index (χ2v) is 19.2. The number of ether oxygens (including phenoxy) is 2. The van der Waals surface area contributed by atoms with Crippen LogP contribution in [0, 0.1) is 22.7 Å². The number of carbonyl (C=O) groups is 4. The molecule has 0 radical (unpaired) electrons. The van der Waals surface area contributed by atoms with E-state index in [1.807, 2.05) is 61.8 Å². The van der Waals surface area contributed by atoms with Crippen molar-refractivity contribution in [1.29, 1.82) is 0 Å². The molecule has 2 spiro atoms. The molecule has 4 atom stereocenters. The standard InChI is InChI=1S/C48H58N8O8/c1-27(2)39(53-45(59)60)43(57)55-25-47(13-17-63-18-14-47)23-37(55)41-49-33-11-9-31(21-35(33)51-41)29-5-7-30(8-6-29)32-10-12-34-36(22-32)52-42(50-34)38-24-48(15-19-64-20-16-48)26-56(38)44(58)40(28(3)4)54-46(61)62/h5-12,21-22,27-28,37-40,53-54H,13-20,23-26H2,1-4H3,(H,49,51)(H,50,52)(H,59,60)(H,61,62)/t37-,38-,39-,40-/m0/s1. The Hall–Kier alpha value is -6.00. The van der Waals surface area contributed by atoms with Crippen molar-refractivity contribution in [2.24, 2.45) is 22.7 Å². The largest absolute Gasteiger partial charge is 0.465 e. The van der Waals surface area contributed by atoms with E-state index in [-0.39, 0.29) is 46.6 Å². The predicted molar refractivity (Wildman–Crippen MR) is 239 cm³/mol. The van der Waals surface area contributed by atoms with Crippen LogP contribution in [0.3, 0.4) is 0 Å². The molecular formula is C48H58N8O8. The van der Waals surface area contributed by atoms with Gasteiger partial charge in [-0.2, -0.15) is 0 Å². The number of benzene rings is 3. The second-order valence-electron chi connectivity index (χ2n) is 19.2. The van der Waals surface area contributed by atoms with Gasteiger partial charge in [0.05, 0.1) is 34.2 Å². The monoisotopic (exact) mass is 874 g/mol. The molecule has 5 aromatic rings. The van der Waals surface area contributed by atoms with E-state index in [9.17, 15) is 29.4 Å². The lowest BCUT2D eigenvalue weighted by Crippen LogP contribution is -2.51. The van der Waals surface area contributed by atoms with E-state index in [4.69, 9.17) is 19.4 Å². The molecule has 64 heavy (non-hydrogen) atoms. The summed E-state index contributed by atoms with van der Waals surface area (Å²) in [4.78, 5) is 72.3. The van der Waals surface area contributed by atoms with E-state index in [2.05, 4.69) is 57.0 Å². The molecule has 6 heterocycles. The van der Waals surface area contributed by atoms with Crippen LogP contribution in [0.25, 0.3) is 44.3 Å². The predicted octanol–water partition coefficient (Wildman–Crippen LogP) is 7.50. The minimum atomic E-state index is -1.22. The fourth-order valence-electron chi connectivity index (χ4n) is 10.6. The van der Waals surface area contributed by atoms with Crippen LogP contribution >= 0.6 is 0 Å². The van der Waals surface area contributed by atoms with Gasteiger partial charge in [0.15, 0.2) is 0 Å². The molecule has 3 aromatic carbocycles. The van der Waals surface area contributed by atoms with Gasteiger partial charge in [0.25, 0.3) is 0 Å². The normalized spacial score (nSPS) is 21.6. The highest BCUT2D eigenvalue weighted by Crippen LogP contribution is 2.50. The van der Waals surface area contributed by atoms with Crippen LogP contribution < -0.4 is 10.6 Å². The molecule has 0 saturated carbocycles. The van der Waals surface area contributed by atoms with Gasteiger partial charge < -0.3 is 50.1 Å². The highest BCUT2D eigenvalue weighted by Gasteiger charge is 2.51. The fourth-order valence-corrected chi connectivity index (χ4v) is 10.6. The molecule has 4 amide bonds. The van der Waals surface area contributed by atoms with Crippen molar-refractivity contribution in [2.75, 3.05) is 39.5 Å². The zero-order chi connectivity index (χ0) is 44.9. The summed E-state index contributed by atoms with van der Waals surface area (Å²) in [6.45, 7) is 11.0. The Morgan fingerprint density at radius 1 is 0.609 bits per heavy atom. The molecule has 9 rings (SSSR count). The summed E-state index contributed by atoms with van der Waals surface area (Å²) in [5, 5.41) is 24.1. The third kappa shape index (κ3) is 8.40. The Morgan fingerprint density at radius 2 is 0.969 bits per heavy atom. The maximum Gasteiger partial charge on any atom is 0.405 e. The second kappa shape index (κ2) is 17.2. The van der Waals surface area contributed by atoms with E-state index < -0.39 is 24.3 Å². The Balaban J connectivity index is 0.952. The first-order chi connectivity index (χ1) is 30.7. The number of imidazole rings is 2. The number of aromatic nitrogens is 4. The average molecular weight is 875 g/mol. The molecule has 4 fully saturated rings. The van der Waals surface area contributed by atoms with Crippen molar-refractivity contribution in [3.63, 3.8) is 0 Å². The van der Waals surface area contributed by atoms with Crippen molar-refractivity contribution < 1.29 is 38.9 Å². The minimum Gasteiger partial charge on any atom is -0.465 e. The number of hydrogen-bond donors (Lipinski definition) is 6. The van der Waals surface area contributed by atoms with E-state index >= 15 is 0 Å². The van der Waals surface area contributed by atoms with Crippen molar-refractivity contribution in [3.8, 4) is 22.3 Å². The number of carboxylic acid groups (broad SMARTS) is 2. The summed E-state index contributed by atoms with van der Waals surface area (Å²) in [6.07, 6.45) is 2.32. The van der Waals surface area contributed by atoms with E-state index in [1.165, 1.54) is 0 Å². The van der Waals surface area contributed by atoms with Crippen LogP contribution in [0.2, 0.25) is 0 Å². The number of nitrogens with one attached hydrogen (secondary N) is 4. The van der Waals surface area contributed by atoms with E-state index in [0.29, 0.717) is 51.2 Å². The number of fused-ring (bicyclic) bond motifs is 2. The minimum absolute atomic E-state index is 0.120. The molecule has 0 bridgehead atoms. The van der Waals surface area contributed by atoms with Crippen molar-refractivity contribution in [3.05, 3.63) is 72.3 Å². The molecule has 338 valence electrons. The highest BCUT2D eigenvalue weighted by molar-refractivity contribution is 5.88. The lowest BCUT2D eigenvalue weighted by atomic mass is 9.78. The van der Waals surface area contributed by atoms with Crippen LogP contribution in [-0.2, 0) is 19.1 Å². The first-order valence-corrected chi connectivity index (χ1v) is 22.6. The maximum absolute atomic E-state index is 14.1. The van der Waals surface area contributed by atoms with Gasteiger partial charge in [-0.05, 0) is 108 Å². The molecule has 4 saturated heterocycles. The summed E-state index contributed by atoms with van der Waals surface area (Å²) < 4.78 is 11.4. The Labute approximate surface area is 371 Å². The topological polar surface area (TPSA) is 215 Å². The summed E-state index contributed by atoms with van der Waals surface area (Å²) in [6, 6.07) is 18.2. The average Bonchev–Trinajstić information content (AvgIpc) is 4.07. The summed E-state index contributed by atoms with van der Waals surface area (Å²) in [7, 11) is 0. The molecule has 0 aliphatic carbocycles. The first kappa shape index (κ1) is 43.3. The first-order valence-electron chi connectivity index (χ1n) is 22.6. The Morgan fingerprint density at radius 3 is 1.31 bits per heavy atom. The molecule has 16 heteroatoms. The third-order valence-electron chi connectivity index (χ3n) is 14.3. The molecule has 6 N–H and O–H groups in total. The van der Waals surface area contributed by atoms with Crippen molar-refractivity contribution >= 4 is 46.1 Å². The van der Waals surface area contributed by atoms with Gasteiger partial charge in [0.1, 0.15) is 23.7 Å². The lowest BCUT2D eigenvalue weighted by molar-refractivity contribution is -0.136. The SMILES string of the molecule is CC(C)[C@H](NC(=O)O)C(=O)N1CC2(CCOCC2)C[C@H]1c1nc2ccc(-c3ccc(-c4ccc5nc([C@@H]6CC7(CCOCC7)CN6C(=O)[C@@H](NC(=O)O)C(C)C)[nH]c5c4)cc3)cc2[nH]1. The maximum atomic E-state index is 14.1. The number of H-pyrrole nitrogens is 2. The number of hydrogen-bond acceptors (Lipinski definition) is 8. The zero-order valence-electron chi connectivity index (χ0n) is 36.9. The molecule has 4 aliphatic heterocycles. The van der Waals surface area contributed by atoms with E-state index in [0.717, 1.165) is 82.8 Å². The van der Waals surface area contributed by atoms with Gasteiger partial charge in [-0.25, -0.2) is 19.6 Å². The number of aromatic amines is 2. The van der Waals surface area contributed by atoms with Crippen LogP contribution in [0.5, 0.6) is 0 Å². The molecule has 16 nitrogen and oxygen atoms in total. The molecule has 2 aromatic heterocycles. The zero-order valence-corrected chi connectivity index (χ0v) is 36.9. The third-order valence-corrected chi connectivity index (χ3v) is 14.3. The molecule has 0 unspecified atom stereocenters. The van der Waals surface area contributed by atoms with Gasteiger partial charge in [-0.15, -0.1) is 0 Å². The van der Waals surface area contributed by atoms with Gasteiger partial charge >= 0.3 is 12.2 Å². The molecule has 4 aliphatic rings. The van der Waals surface area contributed by atoms with Crippen molar-refractivity contribution in [1.82, 2.24) is 40.4 Å². The quantitative estimate of drug-likeness (QED) is 0.0813. The summed E-state index contributed by atoms with van der Waals surface area (Å²) in [5.74, 6) is 0.463. The fraction of sp³-hybridized carbons (Fsp3) is 0.500. The van der Waals surface area contributed by atoms with Gasteiger partial charge in [0.2, 0.25) is 11.8 Å². The highest BCUT2D eigenvalue weighted by atomic mass is 16.5. The number of nitrogens with zero attached hydrogens (tertiary/aromatic N) is 4. The van der Waals surface area contributed by atoms with Crippen LogP contribution in [-0.4, -0.2) is 116 Å². The van der Waals surface area contributed by atoms with E-state index in [1.54, 1.807) is 0 Å². The number of rotatable bonds is 10. The van der Waals surface area contributed by atoms with Crippen LogP contribution in [0.4, 0.5) is 9.59 Å². The number of carbonyl (C=O) groups excluding carboxylic acids is 2. The van der Waals surface area contributed by atoms with Gasteiger partial charge in [-0.3, -0.25) is 9.59 Å². The lowest BCUT2D eigenvalue weighted by Gasteiger charge is -2.34. The molecular weight excluding hydrogens is 817 g/mol. The number of likely N-dealkylation sites (tertiary alicyclic amines) is 2. The summed E-state index contributed by atoms with van der Waals surface area (Å²) in [5.41, 5.74) is 7.10. The van der Waals surface area contributed by atoms with Gasteiger partial charge in [0, 0.05) is 39.5 Å². The van der Waals surface area contributed by atoms with Crippen molar-refractivity contribution in [2.45, 2.75) is 90.4 Å². The van der Waals surface area contributed by atoms with Crippen LogP contribution in [0.15, 0.2) is 60.7 Å². The van der Waals surface area contributed by atoms with Gasteiger partial charge in [-0.1, -0.05) is 64.1 Å². The smallest absolute Gasteiger partial charge is 0.405 e. The Bertz CT molecular complexity index is 2380. The number of amides is 4. The Kier molecular flexibility index (Phi) is 11.6. The van der Waals surface area contributed by atoms with Crippen LogP contribution in [0.1, 0.15) is 90.0 Å². The summed E-state index contributed by atoms with van der Waals surface area (Å²) >= 11 is 0.